The molecule has 0 aromatic carbocycles. The third-order valence-corrected chi connectivity index (χ3v) is 6.70. The summed E-state index contributed by atoms with van der Waals surface area (Å²) in [5, 5.41) is 33.1. The third kappa shape index (κ3) is 2.92. The van der Waals surface area contributed by atoms with Crippen molar-refractivity contribution in [2.75, 3.05) is 13.1 Å². The summed E-state index contributed by atoms with van der Waals surface area (Å²) in [6.45, 7) is 9.42. The Bertz CT molecular complexity index is 466. The van der Waals surface area contributed by atoms with Gasteiger partial charge in [-0.25, -0.2) is 0 Å². The highest BCUT2D eigenvalue weighted by Crippen LogP contribution is 2.48. The van der Waals surface area contributed by atoms with Crippen molar-refractivity contribution >= 4 is 0 Å². The monoisotopic (exact) mass is 341 g/mol. The lowest BCUT2D eigenvalue weighted by Crippen LogP contribution is -2.74. The van der Waals surface area contributed by atoms with E-state index < -0.39 is 22.9 Å². The fourth-order valence-electron chi connectivity index (χ4n) is 5.57. The first-order valence-electron chi connectivity index (χ1n) is 9.67. The summed E-state index contributed by atoms with van der Waals surface area (Å²) in [4.78, 5) is 2.29. The molecule has 0 aromatic heterocycles. The number of ether oxygens (including phenoxy) is 1. The van der Waals surface area contributed by atoms with Crippen LogP contribution in [0.1, 0.15) is 66.2 Å². The topological polar surface area (TPSA) is 73.2 Å². The maximum Gasteiger partial charge on any atom is 0.114 e. The zero-order valence-electron chi connectivity index (χ0n) is 15.7. The lowest BCUT2D eigenvalue weighted by molar-refractivity contribution is -0.296. The highest BCUT2D eigenvalue weighted by atomic mass is 16.5. The molecule has 3 rings (SSSR count). The molecule has 5 nitrogen and oxygen atoms in total. The Kier molecular flexibility index (Phi) is 4.80. The van der Waals surface area contributed by atoms with Gasteiger partial charge in [-0.2, -0.15) is 0 Å². The molecule has 0 unspecified atom stereocenters. The van der Waals surface area contributed by atoms with E-state index in [9.17, 15) is 15.3 Å². The van der Waals surface area contributed by atoms with E-state index in [4.69, 9.17) is 4.74 Å². The van der Waals surface area contributed by atoms with E-state index in [2.05, 4.69) is 18.7 Å². The van der Waals surface area contributed by atoms with Gasteiger partial charge in [0.05, 0.1) is 11.7 Å². The van der Waals surface area contributed by atoms with Crippen LogP contribution in [0.25, 0.3) is 0 Å². The largest absolute Gasteiger partial charge is 0.387 e. The van der Waals surface area contributed by atoms with Crippen LogP contribution in [0, 0.1) is 5.92 Å². The van der Waals surface area contributed by atoms with E-state index in [1.165, 1.54) is 0 Å². The molecule has 7 atom stereocenters. The third-order valence-electron chi connectivity index (χ3n) is 6.70. The van der Waals surface area contributed by atoms with Crippen LogP contribution >= 0.6 is 0 Å². The number of piperidine rings is 1. The maximum atomic E-state index is 11.1. The minimum absolute atomic E-state index is 0.00793. The van der Waals surface area contributed by atoms with Gasteiger partial charge in [0.2, 0.25) is 0 Å². The maximum absolute atomic E-state index is 11.1. The minimum Gasteiger partial charge on any atom is -0.387 e. The number of rotatable bonds is 3. The van der Waals surface area contributed by atoms with E-state index in [-0.39, 0.29) is 12.1 Å². The smallest absolute Gasteiger partial charge is 0.114 e. The van der Waals surface area contributed by atoms with E-state index in [1.807, 2.05) is 6.92 Å². The molecule has 0 amide bonds. The summed E-state index contributed by atoms with van der Waals surface area (Å²) in [7, 11) is 0. The number of aliphatic hydroxyl groups is 3. The molecule has 24 heavy (non-hydrogen) atoms. The fourth-order valence-corrected chi connectivity index (χ4v) is 5.57. The number of fused-ring (bicyclic) bond motifs is 1. The zero-order chi connectivity index (χ0) is 17.8. The van der Waals surface area contributed by atoms with Gasteiger partial charge in [-0.1, -0.05) is 20.3 Å². The summed E-state index contributed by atoms with van der Waals surface area (Å²) in [5.41, 5.74) is -2.86. The molecule has 5 heteroatoms. The molecule has 140 valence electrons. The second kappa shape index (κ2) is 6.20. The van der Waals surface area contributed by atoms with E-state index in [0.29, 0.717) is 18.9 Å². The Morgan fingerprint density at radius 3 is 2.75 bits per heavy atom. The molecule has 3 N–H and O–H groups in total. The van der Waals surface area contributed by atoms with Gasteiger partial charge < -0.3 is 20.1 Å². The second-order valence-corrected chi connectivity index (χ2v) is 9.08. The Balaban J connectivity index is 1.90. The van der Waals surface area contributed by atoms with Gasteiger partial charge in [-0.15, -0.1) is 0 Å². The standard InChI is InChI=1S/C19H35NO4/c1-5-8-17(3,22)15-10-13(2)11-19(24-15)12-20-9-6-7-14(20)18(4,23)16(19)21/h13-16,21-23H,5-12H2,1-4H3/t13-,14+,15+,16+,17-,18-,19-/m1/s1. The van der Waals surface area contributed by atoms with Gasteiger partial charge in [0, 0.05) is 12.6 Å². The minimum atomic E-state index is -1.17. The Morgan fingerprint density at radius 2 is 2.08 bits per heavy atom. The molecular weight excluding hydrogens is 306 g/mol. The van der Waals surface area contributed by atoms with Crippen LogP contribution in [0.4, 0.5) is 0 Å². The summed E-state index contributed by atoms with van der Waals surface area (Å²) in [5.74, 6) is 0.344. The van der Waals surface area contributed by atoms with Crippen molar-refractivity contribution in [1.82, 2.24) is 4.90 Å². The molecule has 1 spiro atoms. The van der Waals surface area contributed by atoms with E-state index >= 15 is 0 Å². The SMILES string of the molecule is CCC[C@@](C)(O)[C@@H]1C[C@@H](C)C[C@]2(CN3CCC[C@H]3[C@@](C)(O)[C@@H]2O)O1. The van der Waals surface area contributed by atoms with Crippen molar-refractivity contribution in [3.05, 3.63) is 0 Å². The molecule has 3 fully saturated rings. The van der Waals surface area contributed by atoms with Crippen LogP contribution in [0.15, 0.2) is 0 Å². The Labute approximate surface area is 146 Å². The molecule has 0 aromatic rings. The summed E-state index contributed by atoms with van der Waals surface area (Å²) in [6, 6.07) is 0.00793. The first-order valence-corrected chi connectivity index (χ1v) is 9.67. The molecular formula is C19H35NO4. The molecule has 0 bridgehead atoms. The Morgan fingerprint density at radius 1 is 1.38 bits per heavy atom. The normalized spacial score (nSPS) is 49.1. The zero-order valence-corrected chi connectivity index (χ0v) is 15.7. The van der Waals surface area contributed by atoms with Gasteiger partial charge >= 0.3 is 0 Å². The molecule has 0 aliphatic carbocycles. The van der Waals surface area contributed by atoms with E-state index in [0.717, 1.165) is 38.6 Å². The van der Waals surface area contributed by atoms with Gasteiger partial charge in [0.1, 0.15) is 17.3 Å². The van der Waals surface area contributed by atoms with Crippen molar-refractivity contribution in [3.63, 3.8) is 0 Å². The number of nitrogens with zero attached hydrogens (tertiary/aromatic N) is 1. The van der Waals surface area contributed by atoms with Gasteiger partial charge in [0.15, 0.2) is 0 Å². The Hall–Kier alpha value is -0.200. The van der Waals surface area contributed by atoms with Gasteiger partial charge in [-0.05, 0) is 58.4 Å². The average Bonchev–Trinajstić information content (AvgIpc) is 2.93. The summed E-state index contributed by atoms with van der Waals surface area (Å²) < 4.78 is 6.46. The molecule has 0 radical (unpaired) electrons. The average molecular weight is 341 g/mol. The summed E-state index contributed by atoms with van der Waals surface area (Å²) in [6.07, 6.45) is 3.85. The van der Waals surface area contributed by atoms with Gasteiger partial charge in [-0.3, -0.25) is 4.90 Å². The summed E-state index contributed by atoms with van der Waals surface area (Å²) >= 11 is 0. The van der Waals surface area contributed by atoms with Crippen LogP contribution < -0.4 is 0 Å². The molecule has 3 heterocycles. The highest BCUT2D eigenvalue weighted by Gasteiger charge is 2.62. The molecule has 3 aliphatic heterocycles. The van der Waals surface area contributed by atoms with Crippen LogP contribution in [0.2, 0.25) is 0 Å². The van der Waals surface area contributed by atoms with Crippen LogP contribution in [0.3, 0.4) is 0 Å². The van der Waals surface area contributed by atoms with Crippen molar-refractivity contribution < 1.29 is 20.1 Å². The molecule has 3 saturated heterocycles. The quantitative estimate of drug-likeness (QED) is 0.728. The van der Waals surface area contributed by atoms with Crippen molar-refractivity contribution in [2.24, 2.45) is 5.92 Å². The fraction of sp³-hybridized carbons (Fsp3) is 1.00. The first-order chi connectivity index (χ1) is 11.1. The number of hydrogen-bond donors (Lipinski definition) is 3. The van der Waals surface area contributed by atoms with Crippen LogP contribution in [0.5, 0.6) is 0 Å². The first kappa shape index (κ1) is 18.6. The number of aliphatic hydroxyl groups excluding tert-OH is 1. The van der Waals surface area contributed by atoms with Crippen molar-refractivity contribution in [2.45, 2.75) is 101 Å². The second-order valence-electron chi connectivity index (χ2n) is 9.08. The lowest BCUT2D eigenvalue weighted by atomic mass is 9.68. The van der Waals surface area contributed by atoms with Crippen LogP contribution in [-0.4, -0.2) is 68.4 Å². The predicted molar refractivity (Wildman–Crippen MR) is 92.8 cm³/mol. The highest BCUT2D eigenvalue weighted by molar-refractivity contribution is 5.14. The van der Waals surface area contributed by atoms with E-state index in [1.54, 1.807) is 6.92 Å². The number of hydrogen-bond acceptors (Lipinski definition) is 5. The lowest BCUT2D eigenvalue weighted by Gasteiger charge is -2.59. The predicted octanol–water partition coefficient (Wildman–Crippen LogP) is 1.68. The van der Waals surface area contributed by atoms with Gasteiger partial charge in [0.25, 0.3) is 0 Å². The van der Waals surface area contributed by atoms with Crippen LogP contribution in [-0.2, 0) is 4.74 Å². The van der Waals surface area contributed by atoms with Crippen molar-refractivity contribution in [1.29, 1.82) is 0 Å². The van der Waals surface area contributed by atoms with Crippen molar-refractivity contribution in [3.8, 4) is 0 Å². The molecule has 0 saturated carbocycles. The molecule has 3 aliphatic rings.